The minimum Gasteiger partial charge on any atom is -0.315 e. The van der Waals surface area contributed by atoms with Gasteiger partial charge in [0.15, 0.2) is 0 Å². The second kappa shape index (κ2) is 9.33. The van der Waals surface area contributed by atoms with Crippen molar-refractivity contribution < 1.29 is 14.4 Å². The Morgan fingerprint density at radius 3 is 2.34 bits per heavy atom. The molecule has 0 radical (unpaired) electrons. The molecule has 2 aromatic rings. The van der Waals surface area contributed by atoms with Gasteiger partial charge in [-0.2, -0.15) is 0 Å². The summed E-state index contributed by atoms with van der Waals surface area (Å²) in [4.78, 5) is 24.5. The first-order chi connectivity index (χ1) is 13.6. The maximum atomic E-state index is 13.4. The number of benzene rings is 1. The number of aryl methyl sites for hydroxylation is 2. The van der Waals surface area contributed by atoms with E-state index in [0.29, 0.717) is 19.5 Å². The van der Waals surface area contributed by atoms with Gasteiger partial charge in [-0.1, -0.05) is 43.7 Å². The van der Waals surface area contributed by atoms with Crippen molar-refractivity contribution in [3.63, 3.8) is 0 Å². The molecule has 1 unspecified atom stereocenters. The molecule has 158 valence electrons. The summed E-state index contributed by atoms with van der Waals surface area (Å²) in [6, 6.07) is 11.5. The number of aromatic nitrogens is 1. The van der Waals surface area contributed by atoms with E-state index in [0.717, 1.165) is 16.7 Å². The van der Waals surface area contributed by atoms with Gasteiger partial charge in [-0.3, -0.25) is 19.2 Å². The fourth-order valence-corrected chi connectivity index (χ4v) is 3.08. The van der Waals surface area contributed by atoms with Crippen molar-refractivity contribution in [2.45, 2.75) is 46.2 Å². The van der Waals surface area contributed by atoms with Crippen LogP contribution in [-0.2, 0) is 11.3 Å². The van der Waals surface area contributed by atoms with E-state index in [1.807, 2.05) is 37.3 Å². The van der Waals surface area contributed by atoms with Crippen LogP contribution in [0.4, 0.5) is 4.39 Å². The van der Waals surface area contributed by atoms with Gasteiger partial charge in [-0.05, 0) is 44.0 Å². The Morgan fingerprint density at radius 1 is 1.14 bits per heavy atom. The van der Waals surface area contributed by atoms with E-state index < -0.39 is 23.5 Å². The Balaban J connectivity index is 2.02. The average Bonchev–Trinajstić information content (AvgIpc) is 2.71. The fraction of sp³-hybridized carbons (Fsp3) is 0.455. The van der Waals surface area contributed by atoms with Crippen LogP contribution in [0.25, 0.3) is 11.1 Å². The number of nitrogens with one attached hydrogen (secondary N) is 2. The third-order valence-electron chi connectivity index (χ3n) is 5.68. The van der Waals surface area contributed by atoms with E-state index in [-0.39, 0.29) is 5.56 Å². The summed E-state index contributed by atoms with van der Waals surface area (Å²) in [6.07, 6.45) is 2.31. The number of hydrogen-bond donors (Lipinski definition) is 3. The second-order valence-electron chi connectivity index (χ2n) is 8.18. The molecule has 0 fully saturated rings. The SMILES string of the molecule is Cc1ccc(-c2ccn(CCCNC(C)(C(=O)NO)C(C)(C)CF)c(=O)c2)cc1. The number of nitrogens with zero attached hydrogens (tertiary/aromatic N) is 1. The number of carbonyl (C=O) groups is 1. The van der Waals surface area contributed by atoms with Crippen molar-refractivity contribution in [1.29, 1.82) is 0 Å². The predicted molar refractivity (Wildman–Crippen MR) is 112 cm³/mol. The van der Waals surface area contributed by atoms with Crippen LogP contribution >= 0.6 is 0 Å². The van der Waals surface area contributed by atoms with Gasteiger partial charge in [-0.25, -0.2) is 5.48 Å². The van der Waals surface area contributed by atoms with Crippen LogP contribution < -0.4 is 16.4 Å². The number of amides is 1. The van der Waals surface area contributed by atoms with Crippen molar-refractivity contribution in [1.82, 2.24) is 15.4 Å². The van der Waals surface area contributed by atoms with Crippen molar-refractivity contribution >= 4 is 5.91 Å². The lowest BCUT2D eigenvalue weighted by Crippen LogP contribution is -2.63. The predicted octanol–water partition coefficient (Wildman–Crippen LogP) is 3.06. The van der Waals surface area contributed by atoms with Crippen molar-refractivity contribution in [3.8, 4) is 11.1 Å². The van der Waals surface area contributed by atoms with Crippen molar-refractivity contribution in [2.75, 3.05) is 13.2 Å². The lowest BCUT2D eigenvalue weighted by Gasteiger charge is -2.41. The van der Waals surface area contributed by atoms with E-state index in [4.69, 9.17) is 5.21 Å². The Morgan fingerprint density at radius 2 is 1.79 bits per heavy atom. The molecule has 0 aliphatic carbocycles. The molecule has 0 saturated carbocycles. The van der Waals surface area contributed by atoms with Gasteiger partial charge in [0, 0.05) is 24.2 Å². The molecule has 2 rings (SSSR count). The molecule has 0 bridgehead atoms. The third-order valence-corrected chi connectivity index (χ3v) is 5.68. The van der Waals surface area contributed by atoms with E-state index in [1.165, 1.54) is 0 Å². The number of alkyl halides is 1. The van der Waals surface area contributed by atoms with E-state index in [2.05, 4.69) is 5.32 Å². The van der Waals surface area contributed by atoms with Crippen LogP contribution in [0.15, 0.2) is 47.4 Å². The smallest absolute Gasteiger partial charge is 0.263 e. The van der Waals surface area contributed by atoms with Crippen LogP contribution in [0.5, 0.6) is 0 Å². The van der Waals surface area contributed by atoms with Gasteiger partial charge < -0.3 is 9.88 Å². The lowest BCUT2D eigenvalue weighted by atomic mass is 9.73. The first-order valence-corrected chi connectivity index (χ1v) is 9.67. The molecule has 1 amide bonds. The average molecular weight is 403 g/mol. The number of hydrogen-bond acceptors (Lipinski definition) is 4. The van der Waals surface area contributed by atoms with E-state index in [9.17, 15) is 14.0 Å². The highest BCUT2D eigenvalue weighted by atomic mass is 19.1. The Bertz CT molecular complexity index is 893. The van der Waals surface area contributed by atoms with Crippen molar-refractivity contribution in [2.24, 2.45) is 5.41 Å². The monoisotopic (exact) mass is 403 g/mol. The summed E-state index contributed by atoms with van der Waals surface area (Å²) in [5.74, 6) is -0.695. The topological polar surface area (TPSA) is 83.4 Å². The lowest BCUT2D eigenvalue weighted by molar-refractivity contribution is -0.141. The molecule has 7 heteroatoms. The van der Waals surface area contributed by atoms with Gasteiger partial charge in [0.1, 0.15) is 5.54 Å². The molecular formula is C22H30FN3O3. The number of rotatable bonds is 9. The molecule has 1 heterocycles. The third kappa shape index (κ3) is 5.10. The summed E-state index contributed by atoms with van der Waals surface area (Å²) >= 11 is 0. The maximum absolute atomic E-state index is 13.4. The summed E-state index contributed by atoms with van der Waals surface area (Å²) in [5, 5.41) is 12.1. The van der Waals surface area contributed by atoms with Gasteiger partial charge in [0.2, 0.25) is 0 Å². The van der Waals surface area contributed by atoms with Gasteiger partial charge in [0.25, 0.3) is 11.5 Å². The van der Waals surface area contributed by atoms with E-state index >= 15 is 0 Å². The van der Waals surface area contributed by atoms with Gasteiger partial charge >= 0.3 is 0 Å². The zero-order valence-corrected chi connectivity index (χ0v) is 17.5. The Hall–Kier alpha value is -2.51. The normalized spacial score (nSPS) is 13.7. The first-order valence-electron chi connectivity index (χ1n) is 9.67. The van der Waals surface area contributed by atoms with Crippen LogP contribution in [0.3, 0.4) is 0 Å². The second-order valence-corrected chi connectivity index (χ2v) is 8.18. The highest BCUT2D eigenvalue weighted by molar-refractivity contribution is 5.85. The highest BCUT2D eigenvalue weighted by Crippen LogP contribution is 2.31. The van der Waals surface area contributed by atoms with Crippen molar-refractivity contribution in [3.05, 3.63) is 58.5 Å². The summed E-state index contributed by atoms with van der Waals surface area (Å²) in [5.41, 5.74) is 2.20. The molecule has 1 aromatic carbocycles. The first kappa shape index (κ1) is 22.8. The summed E-state index contributed by atoms with van der Waals surface area (Å²) in [6.45, 7) is 6.89. The number of halogens is 1. The standard InChI is InChI=1S/C22H30FN3O3/c1-16-6-8-17(9-7-16)18-10-13-26(19(27)14-18)12-5-11-24-22(4,20(28)25-29)21(2,3)15-23/h6-10,13-14,24,29H,5,11-12,15H2,1-4H3,(H,25,28). The summed E-state index contributed by atoms with van der Waals surface area (Å²) in [7, 11) is 0. The molecule has 0 spiro atoms. The van der Waals surface area contributed by atoms with Crippen LogP contribution in [0, 0.1) is 12.3 Å². The fourth-order valence-electron chi connectivity index (χ4n) is 3.08. The molecule has 1 aromatic heterocycles. The van der Waals surface area contributed by atoms with Crippen LogP contribution in [0.2, 0.25) is 0 Å². The minimum absolute atomic E-state index is 0.108. The molecule has 29 heavy (non-hydrogen) atoms. The van der Waals surface area contributed by atoms with Gasteiger partial charge in [0.05, 0.1) is 6.67 Å². The number of carbonyl (C=O) groups excluding carboxylic acids is 1. The van der Waals surface area contributed by atoms with Gasteiger partial charge in [-0.15, -0.1) is 0 Å². The zero-order chi connectivity index (χ0) is 21.7. The van der Waals surface area contributed by atoms with E-state index in [1.54, 1.807) is 43.1 Å². The number of pyridine rings is 1. The van der Waals surface area contributed by atoms with Crippen LogP contribution in [-0.4, -0.2) is 34.4 Å². The quantitative estimate of drug-likeness (QED) is 0.341. The molecule has 0 aliphatic heterocycles. The molecule has 1 atom stereocenters. The highest BCUT2D eigenvalue weighted by Gasteiger charge is 2.47. The minimum atomic E-state index is -1.29. The number of hydroxylamine groups is 1. The maximum Gasteiger partial charge on any atom is 0.263 e. The summed E-state index contributed by atoms with van der Waals surface area (Å²) < 4.78 is 15.0. The zero-order valence-electron chi connectivity index (χ0n) is 17.5. The molecule has 3 N–H and O–H groups in total. The molecule has 0 saturated heterocycles. The Labute approximate surface area is 170 Å². The molecule has 0 aliphatic rings. The Kier molecular flexibility index (Phi) is 7.32. The molecular weight excluding hydrogens is 373 g/mol. The molecule has 6 nitrogen and oxygen atoms in total. The largest absolute Gasteiger partial charge is 0.315 e. The van der Waals surface area contributed by atoms with Crippen LogP contribution in [0.1, 0.15) is 32.8 Å².